The van der Waals surface area contributed by atoms with E-state index in [1.807, 2.05) is 0 Å². The Balaban J connectivity index is 2.57. The molecule has 0 aromatic heterocycles. The highest BCUT2D eigenvalue weighted by atomic mass is 16.1. The summed E-state index contributed by atoms with van der Waals surface area (Å²) in [5.41, 5.74) is 5.27. The first-order valence-electron chi connectivity index (χ1n) is 5.10. The van der Waals surface area contributed by atoms with Crippen molar-refractivity contribution in [2.24, 2.45) is 5.73 Å². The highest BCUT2D eigenvalue weighted by molar-refractivity contribution is 5.75. The molecule has 0 spiro atoms. The lowest BCUT2D eigenvalue weighted by Crippen LogP contribution is -2.48. The molecule has 3 heteroatoms. The number of amides is 1. The van der Waals surface area contributed by atoms with Gasteiger partial charge < -0.3 is 11.1 Å². The van der Waals surface area contributed by atoms with Crippen LogP contribution < -0.4 is 11.1 Å². The van der Waals surface area contributed by atoms with Crippen molar-refractivity contribution >= 4 is 5.91 Å². The summed E-state index contributed by atoms with van der Waals surface area (Å²) in [5.74, 6) is -0.185. The predicted molar refractivity (Wildman–Crippen MR) is 53.3 cm³/mol. The van der Waals surface area contributed by atoms with Crippen molar-refractivity contribution in [3.63, 3.8) is 0 Å². The third kappa shape index (κ3) is 2.99. The van der Waals surface area contributed by atoms with E-state index in [0.29, 0.717) is 12.5 Å². The van der Waals surface area contributed by atoms with Crippen LogP contribution in [0.3, 0.4) is 0 Å². The van der Waals surface area contributed by atoms with Crippen LogP contribution in [0.5, 0.6) is 0 Å². The van der Waals surface area contributed by atoms with Crippen LogP contribution in [0.15, 0.2) is 0 Å². The topological polar surface area (TPSA) is 55.1 Å². The molecule has 0 radical (unpaired) electrons. The standard InChI is InChI=1S/C10H20N2O/c1-8(2)12-10(7-9(11)13)5-3-4-6-10/h8,12H,3-7H2,1-2H3,(H2,11,13). The molecule has 3 N–H and O–H groups in total. The van der Waals surface area contributed by atoms with E-state index in [9.17, 15) is 4.79 Å². The summed E-state index contributed by atoms with van der Waals surface area (Å²) in [6, 6.07) is 0.428. The van der Waals surface area contributed by atoms with Gasteiger partial charge in [0.25, 0.3) is 0 Å². The molecule has 1 amide bonds. The van der Waals surface area contributed by atoms with E-state index >= 15 is 0 Å². The summed E-state index contributed by atoms with van der Waals surface area (Å²) in [6.45, 7) is 4.22. The molecule has 0 atom stereocenters. The Kier molecular flexibility index (Phi) is 3.31. The van der Waals surface area contributed by atoms with Gasteiger partial charge >= 0.3 is 0 Å². The van der Waals surface area contributed by atoms with Gasteiger partial charge in [-0.1, -0.05) is 26.7 Å². The lowest BCUT2D eigenvalue weighted by Gasteiger charge is -2.31. The maximum Gasteiger partial charge on any atom is 0.219 e. The Labute approximate surface area is 80.1 Å². The number of carbonyl (C=O) groups is 1. The Hall–Kier alpha value is -0.570. The average Bonchev–Trinajstić information content (AvgIpc) is 2.33. The zero-order valence-corrected chi connectivity index (χ0v) is 8.60. The van der Waals surface area contributed by atoms with Gasteiger partial charge in [-0.25, -0.2) is 0 Å². The second-order valence-corrected chi connectivity index (χ2v) is 4.43. The lowest BCUT2D eigenvalue weighted by atomic mass is 9.92. The minimum Gasteiger partial charge on any atom is -0.370 e. The molecule has 0 heterocycles. The van der Waals surface area contributed by atoms with Gasteiger partial charge in [-0.05, 0) is 12.8 Å². The second kappa shape index (κ2) is 4.09. The first kappa shape index (κ1) is 10.5. The molecule has 1 fully saturated rings. The zero-order chi connectivity index (χ0) is 9.90. The van der Waals surface area contributed by atoms with Crippen LogP contribution in [-0.4, -0.2) is 17.5 Å². The molecular weight excluding hydrogens is 164 g/mol. The molecule has 0 aromatic carbocycles. The maximum absolute atomic E-state index is 10.9. The molecule has 76 valence electrons. The minimum atomic E-state index is -0.185. The second-order valence-electron chi connectivity index (χ2n) is 4.43. The molecule has 3 nitrogen and oxygen atoms in total. The summed E-state index contributed by atoms with van der Waals surface area (Å²) in [6.07, 6.45) is 5.10. The quantitative estimate of drug-likeness (QED) is 0.689. The summed E-state index contributed by atoms with van der Waals surface area (Å²) in [4.78, 5) is 10.9. The van der Waals surface area contributed by atoms with Crippen LogP contribution in [0.1, 0.15) is 46.0 Å². The van der Waals surface area contributed by atoms with Crippen LogP contribution >= 0.6 is 0 Å². The van der Waals surface area contributed by atoms with Gasteiger partial charge in [0.05, 0.1) is 0 Å². The summed E-state index contributed by atoms with van der Waals surface area (Å²) < 4.78 is 0. The van der Waals surface area contributed by atoms with E-state index < -0.39 is 0 Å². The molecule has 0 unspecified atom stereocenters. The summed E-state index contributed by atoms with van der Waals surface area (Å²) >= 11 is 0. The van der Waals surface area contributed by atoms with E-state index in [4.69, 9.17) is 5.73 Å². The van der Waals surface area contributed by atoms with E-state index in [2.05, 4.69) is 19.2 Å². The van der Waals surface area contributed by atoms with E-state index in [0.717, 1.165) is 12.8 Å². The van der Waals surface area contributed by atoms with Crippen molar-refractivity contribution in [2.75, 3.05) is 0 Å². The molecule has 1 rings (SSSR count). The van der Waals surface area contributed by atoms with Gasteiger partial charge in [0.15, 0.2) is 0 Å². The minimum absolute atomic E-state index is 0.0139. The molecule has 1 aliphatic carbocycles. The van der Waals surface area contributed by atoms with Crippen LogP contribution in [0.2, 0.25) is 0 Å². The van der Waals surface area contributed by atoms with Gasteiger partial charge in [0.2, 0.25) is 5.91 Å². The van der Waals surface area contributed by atoms with E-state index in [1.54, 1.807) is 0 Å². The third-order valence-electron chi connectivity index (χ3n) is 2.67. The van der Waals surface area contributed by atoms with Crippen molar-refractivity contribution < 1.29 is 4.79 Å². The number of hydrogen-bond donors (Lipinski definition) is 2. The Morgan fingerprint density at radius 1 is 1.46 bits per heavy atom. The number of hydrogen-bond acceptors (Lipinski definition) is 2. The maximum atomic E-state index is 10.9. The highest BCUT2D eigenvalue weighted by Gasteiger charge is 2.35. The highest BCUT2D eigenvalue weighted by Crippen LogP contribution is 2.32. The SMILES string of the molecule is CC(C)NC1(CC(N)=O)CCCC1. The Morgan fingerprint density at radius 3 is 2.38 bits per heavy atom. The first-order valence-corrected chi connectivity index (χ1v) is 5.10. The van der Waals surface area contributed by atoms with Crippen molar-refractivity contribution in [1.82, 2.24) is 5.32 Å². The van der Waals surface area contributed by atoms with Crippen molar-refractivity contribution in [3.8, 4) is 0 Å². The van der Waals surface area contributed by atoms with Crippen LogP contribution in [0.25, 0.3) is 0 Å². The summed E-state index contributed by atoms with van der Waals surface area (Å²) in [5, 5.41) is 3.49. The zero-order valence-electron chi connectivity index (χ0n) is 8.60. The normalized spacial score (nSPS) is 20.8. The number of carbonyl (C=O) groups excluding carboxylic acids is 1. The Bertz CT molecular complexity index is 183. The van der Waals surface area contributed by atoms with Crippen LogP contribution in [-0.2, 0) is 4.79 Å². The van der Waals surface area contributed by atoms with Crippen molar-refractivity contribution in [2.45, 2.75) is 57.5 Å². The van der Waals surface area contributed by atoms with Gasteiger partial charge in [-0.2, -0.15) is 0 Å². The molecule has 1 aliphatic rings. The smallest absolute Gasteiger partial charge is 0.219 e. The lowest BCUT2D eigenvalue weighted by molar-refractivity contribution is -0.119. The monoisotopic (exact) mass is 184 g/mol. The number of rotatable bonds is 4. The molecular formula is C10H20N2O. The first-order chi connectivity index (χ1) is 6.04. The number of primary amides is 1. The van der Waals surface area contributed by atoms with Crippen LogP contribution in [0, 0.1) is 0 Å². The summed E-state index contributed by atoms with van der Waals surface area (Å²) in [7, 11) is 0. The Morgan fingerprint density at radius 2 is 2.00 bits per heavy atom. The number of nitrogens with two attached hydrogens (primary N) is 1. The molecule has 13 heavy (non-hydrogen) atoms. The van der Waals surface area contributed by atoms with E-state index in [1.165, 1.54) is 12.8 Å². The van der Waals surface area contributed by atoms with Crippen molar-refractivity contribution in [3.05, 3.63) is 0 Å². The van der Waals surface area contributed by atoms with Gasteiger partial charge in [-0.3, -0.25) is 4.79 Å². The predicted octanol–water partition coefficient (Wildman–Crippen LogP) is 1.17. The van der Waals surface area contributed by atoms with Gasteiger partial charge in [0.1, 0.15) is 0 Å². The average molecular weight is 184 g/mol. The van der Waals surface area contributed by atoms with E-state index in [-0.39, 0.29) is 11.4 Å². The fourth-order valence-corrected chi connectivity index (χ4v) is 2.37. The third-order valence-corrected chi connectivity index (χ3v) is 2.67. The molecule has 0 bridgehead atoms. The van der Waals surface area contributed by atoms with Gasteiger partial charge in [-0.15, -0.1) is 0 Å². The molecule has 0 saturated heterocycles. The fraction of sp³-hybridized carbons (Fsp3) is 0.900. The molecule has 0 aromatic rings. The molecule has 1 saturated carbocycles. The molecule has 0 aliphatic heterocycles. The number of nitrogens with one attached hydrogen (secondary N) is 1. The van der Waals surface area contributed by atoms with Gasteiger partial charge in [0, 0.05) is 18.0 Å². The van der Waals surface area contributed by atoms with Crippen LogP contribution in [0.4, 0.5) is 0 Å². The fourth-order valence-electron chi connectivity index (χ4n) is 2.37. The largest absolute Gasteiger partial charge is 0.370 e. The van der Waals surface area contributed by atoms with Crippen molar-refractivity contribution in [1.29, 1.82) is 0 Å².